The van der Waals surface area contributed by atoms with Crippen LogP contribution in [0.15, 0.2) is 0 Å². The van der Waals surface area contributed by atoms with Crippen molar-refractivity contribution in [2.45, 2.75) is 18.6 Å². The third-order valence-electron chi connectivity index (χ3n) is 1.75. The molecule has 1 heterocycles. The van der Waals surface area contributed by atoms with Gasteiger partial charge in [0.15, 0.2) is 6.29 Å². The average molecular weight is 177 g/mol. The number of aliphatic hydroxyl groups excluding tert-OH is 1. The number of ether oxygens (including phenoxy) is 1. The second-order valence-corrected chi connectivity index (χ2v) is 3.98. The molecular formula is C7H15NO2S. The highest BCUT2D eigenvalue weighted by Crippen LogP contribution is 2.21. The van der Waals surface area contributed by atoms with Crippen molar-refractivity contribution in [3.8, 4) is 0 Å². The maximum atomic E-state index is 9.39. The summed E-state index contributed by atoms with van der Waals surface area (Å²) in [6.45, 7) is 3.63. The van der Waals surface area contributed by atoms with Crippen molar-refractivity contribution in [3.63, 3.8) is 0 Å². The van der Waals surface area contributed by atoms with Crippen LogP contribution < -0.4 is 0 Å². The summed E-state index contributed by atoms with van der Waals surface area (Å²) in [4.78, 5) is 2.13. The Morgan fingerprint density at radius 2 is 2.45 bits per heavy atom. The van der Waals surface area contributed by atoms with E-state index in [1.54, 1.807) is 11.8 Å². The Morgan fingerprint density at radius 3 is 3.00 bits per heavy atom. The van der Waals surface area contributed by atoms with Gasteiger partial charge >= 0.3 is 0 Å². The van der Waals surface area contributed by atoms with E-state index in [1.165, 1.54) is 0 Å². The number of rotatable bonds is 2. The summed E-state index contributed by atoms with van der Waals surface area (Å²) in [5.41, 5.74) is 0. The molecule has 3 nitrogen and oxygen atoms in total. The normalized spacial score (nSPS) is 34.1. The summed E-state index contributed by atoms with van der Waals surface area (Å²) in [5.74, 6) is 1.01. The summed E-state index contributed by atoms with van der Waals surface area (Å²) in [7, 11) is 2.01. The Morgan fingerprint density at radius 1 is 1.73 bits per heavy atom. The van der Waals surface area contributed by atoms with Crippen molar-refractivity contribution in [2.75, 3.05) is 26.0 Å². The van der Waals surface area contributed by atoms with E-state index in [4.69, 9.17) is 4.74 Å². The van der Waals surface area contributed by atoms with Gasteiger partial charge in [0.2, 0.25) is 0 Å². The van der Waals surface area contributed by atoms with Crippen LogP contribution in [-0.2, 0) is 4.74 Å². The maximum absolute atomic E-state index is 9.39. The zero-order valence-electron chi connectivity index (χ0n) is 6.99. The van der Waals surface area contributed by atoms with E-state index >= 15 is 0 Å². The lowest BCUT2D eigenvalue weighted by molar-refractivity contribution is -0.151. The summed E-state index contributed by atoms with van der Waals surface area (Å²) < 4.78 is 5.11. The Hall–Kier alpha value is 0.230. The highest BCUT2D eigenvalue weighted by atomic mass is 32.2. The van der Waals surface area contributed by atoms with E-state index in [0.29, 0.717) is 6.61 Å². The molecule has 1 fully saturated rings. The first-order valence-corrected chi connectivity index (χ1v) is 4.92. The van der Waals surface area contributed by atoms with Crippen LogP contribution in [0.5, 0.6) is 0 Å². The maximum Gasteiger partial charge on any atom is 0.179 e. The molecule has 1 rings (SSSR count). The zero-order valence-corrected chi connectivity index (χ0v) is 7.80. The van der Waals surface area contributed by atoms with Gasteiger partial charge in [0.25, 0.3) is 0 Å². The first-order chi connectivity index (χ1) is 5.25. The van der Waals surface area contributed by atoms with Gasteiger partial charge in [-0.25, -0.2) is 0 Å². The molecule has 0 radical (unpaired) electrons. The van der Waals surface area contributed by atoms with Gasteiger partial charge in [-0.05, 0) is 12.8 Å². The standard InChI is InChI=1S/C7H15NO2S/c1-3-11-6-7(9)10-5-4-8(6)2/h6-7,9H,3-5H2,1-2H3/t6-,7-/m0/s1. The molecule has 0 unspecified atom stereocenters. The van der Waals surface area contributed by atoms with Crippen LogP contribution in [0.2, 0.25) is 0 Å². The number of thioether (sulfide) groups is 1. The molecule has 1 saturated heterocycles. The van der Waals surface area contributed by atoms with Crippen molar-refractivity contribution >= 4 is 11.8 Å². The third-order valence-corrected chi connectivity index (χ3v) is 3.02. The van der Waals surface area contributed by atoms with Crippen LogP contribution in [0.4, 0.5) is 0 Å². The Labute approximate surface area is 71.7 Å². The molecule has 0 aliphatic carbocycles. The van der Waals surface area contributed by atoms with E-state index in [0.717, 1.165) is 12.3 Å². The monoisotopic (exact) mass is 177 g/mol. The van der Waals surface area contributed by atoms with Gasteiger partial charge < -0.3 is 9.84 Å². The van der Waals surface area contributed by atoms with Gasteiger partial charge in [-0.3, -0.25) is 4.90 Å². The van der Waals surface area contributed by atoms with Crippen LogP contribution in [0.3, 0.4) is 0 Å². The predicted molar refractivity (Wildman–Crippen MR) is 46.5 cm³/mol. The minimum atomic E-state index is -0.612. The summed E-state index contributed by atoms with van der Waals surface area (Å²) in [5, 5.41) is 9.50. The van der Waals surface area contributed by atoms with Crippen molar-refractivity contribution in [1.29, 1.82) is 0 Å². The Bertz CT molecular complexity index is 113. The van der Waals surface area contributed by atoms with Crippen molar-refractivity contribution in [3.05, 3.63) is 0 Å². The molecule has 11 heavy (non-hydrogen) atoms. The summed E-state index contributed by atoms with van der Waals surface area (Å²) >= 11 is 1.72. The highest BCUT2D eigenvalue weighted by molar-refractivity contribution is 7.99. The van der Waals surface area contributed by atoms with E-state index < -0.39 is 6.29 Å². The first kappa shape index (κ1) is 9.32. The molecule has 1 aliphatic rings. The van der Waals surface area contributed by atoms with Gasteiger partial charge in [-0.1, -0.05) is 6.92 Å². The number of aliphatic hydroxyl groups is 1. The first-order valence-electron chi connectivity index (χ1n) is 3.87. The zero-order chi connectivity index (χ0) is 8.27. The van der Waals surface area contributed by atoms with Crippen molar-refractivity contribution in [2.24, 2.45) is 0 Å². The number of nitrogens with zero attached hydrogens (tertiary/aromatic N) is 1. The molecule has 0 amide bonds. The van der Waals surface area contributed by atoms with Gasteiger partial charge in [0, 0.05) is 6.54 Å². The van der Waals surface area contributed by atoms with Crippen LogP contribution in [0.25, 0.3) is 0 Å². The van der Waals surface area contributed by atoms with E-state index in [9.17, 15) is 5.11 Å². The second-order valence-electron chi connectivity index (χ2n) is 2.59. The lowest BCUT2D eigenvalue weighted by Crippen LogP contribution is -2.47. The lowest BCUT2D eigenvalue weighted by atomic mass is 10.4. The van der Waals surface area contributed by atoms with Gasteiger partial charge in [0.05, 0.1) is 6.61 Å². The SMILES string of the molecule is CCS[C@H]1[C@@H](O)OCCN1C. The number of likely N-dealkylation sites (N-methyl/N-ethyl adjacent to an activating group) is 1. The molecule has 2 atom stereocenters. The number of hydrogen-bond donors (Lipinski definition) is 1. The van der Waals surface area contributed by atoms with Crippen LogP contribution in [0, 0.1) is 0 Å². The molecule has 0 spiro atoms. The largest absolute Gasteiger partial charge is 0.366 e. The molecule has 4 heteroatoms. The Balaban J connectivity index is 2.41. The molecule has 0 aromatic rings. The fourth-order valence-corrected chi connectivity index (χ4v) is 2.07. The number of hydrogen-bond acceptors (Lipinski definition) is 4. The molecule has 0 saturated carbocycles. The third kappa shape index (κ3) is 2.33. The highest BCUT2D eigenvalue weighted by Gasteiger charge is 2.27. The van der Waals surface area contributed by atoms with Gasteiger partial charge in [-0.15, -0.1) is 11.8 Å². The minimum absolute atomic E-state index is 0.119. The fraction of sp³-hybridized carbons (Fsp3) is 1.00. The van der Waals surface area contributed by atoms with E-state index in [1.807, 2.05) is 7.05 Å². The topological polar surface area (TPSA) is 32.7 Å². The molecule has 0 aromatic heterocycles. The quantitative estimate of drug-likeness (QED) is 0.659. The molecule has 1 aliphatic heterocycles. The van der Waals surface area contributed by atoms with Crippen LogP contribution in [0.1, 0.15) is 6.92 Å². The minimum Gasteiger partial charge on any atom is -0.366 e. The van der Waals surface area contributed by atoms with Crippen LogP contribution >= 0.6 is 11.8 Å². The molecule has 0 bridgehead atoms. The molecule has 1 N–H and O–H groups in total. The molecule has 66 valence electrons. The predicted octanol–water partition coefficient (Wildman–Crippen LogP) is 0.346. The van der Waals surface area contributed by atoms with Crippen LogP contribution in [-0.4, -0.2) is 47.6 Å². The summed E-state index contributed by atoms with van der Waals surface area (Å²) in [6, 6.07) is 0. The Kier molecular flexibility index (Phi) is 3.65. The van der Waals surface area contributed by atoms with Crippen molar-refractivity contribution in [1.82, 2.24) is 4.90 Å². The molecular weight excluding hydrogens is 162 g/mol. The second kappa shape index (κ2) is 4.30. The smallest absolute Gasteiger partial charge is 0.179 e. The van der Waals surface area contributed by atoms with E-state index in [-0.39, 0.29) is 5.37 Å². The fourth-order valence-electron chi connectivity index (χ4n) is 1.13. The van der Waals surface area contributed by atoms with Gasteiger partial charge in [0.1, 0.15) is 5.37 Å². The van der Waals surface area contributed by atoms with Crippen molar-refractivity contribution < 1.29 is 9.84 Å². The van der Waals surface area contributed by atoms with Gasteiger partial charge in [-0.2, -0.15) is 0 Å². The average Bonchev–Trinajstić information content (AvgIpc) is 1.97. The number of morpholine rings is 1. The lowest BCUT2D eigenvalue weighted by Gasteiger charge is -2.35. The summed E-state index contributed by atoms with van der Waals surface area (Å²) in [6.07, 6.45) is -0.612. The molecule has 0 aromatic carbocycles. The van der Waals surface area contributed by atoms with E-state index in [2.05, 4.69) is 11.8 Å².